The molecule has 0 saturated carbocycles. The van der Waals surface area contributed by atoms with Crippen molar-refractivity contribution < 1.29 is 0 Å². The zero-order valence-corrected chi connectivity index (χ0v) is 8.61. The van der Waals surface area contributed by atoms with Crippen LogP contribution >= 0.6 is 11.7 Å². The number of nitrogens with zero attached hydrogens (tertiary/aromatic N) is 3. The molecule has 0 spiro atoms. The van der Waals surface area contributed by atoms with E-state index in [1.807, 2.05) is 18.2 Å². The molecule has 2 aromatic heterocycles. The summed E-state index contributed by atoms with van der Waals surface area (Å²) in [5.74, 6) is 0. The Morgan fingerprint density at radius 1 is 1.07 bits per heavy atom. The van der Waals surface area contributed by atoms with Gasteiger partial charge in [0, 0.05) is 11.6 Å². The molecule has 4 heteroatoms. The second-order valence-corrected chi connectivity index (χ2v) is 3.73. The molecule has 15 heavy (non-hydrogen) atoms. The molecule has 3 nitrogen and oxygen atoms in total. The molecule has 0 aliphatic heterocycles. The molecule has 3 aromatic rings. The molecule has 0 amide bonds. The lowest BCUT2D eigenvalue weighted by molar-refractivity contribution is 1.33. The van der Waals surface area contributed by atoms with Crippen LogP contribution in [-0.2, 0) is 0 Å². The molecule has 0 N–H and O–H groups in total. The molecule has 0 radical (unpaired) electrons. The molecule has 0 fully saturated rings. The summed E-state index contributed by atoms with van der Waals surface area (Å²) in [6.07, 6.45) is 3.55. The number of hydrogen-bond acceptors (Lipinski definition) is 4. The Morgan fingerprint density at radius 2 is 2.00 bits per heavy atom. The third kappa shape index (κ3) is 1.39. The van der Waals surface area contributed by atoms with Crippen molar-refractivity contribution in [1.29, 1.82) is 0 Å². The minimum atomic E-state index is 0.844. The topological polar surface area (TPSA) is 38.7 Å². The summed E-state index contributed by atoms with van der Waals surface area (Å²) in [5.41, 5.74) is 1.75. The maximum Gasteiger partial charge on any atom is 0.123 e. The Labute approximate surface area is 90.8 Å². The molecular formula is C11H7N3S. The second kappa shape index (κ2) is 3.40. The van der Waals surface area contributed by atoms with Crippen molar-refractivity contribution in [3.63, 3.8) is 0 Å². The number of aromatic nitrogens is 3. The Balaban J connectivity index is 2.36. The maximum absolute atomic E-state index is 4.35. The highest BCUT2D eigenvalue weighted by Crippen LogP contribution is 2.24. The first-order valence-electron chi connectivity index (χ1n) is 4.57. The van der Waals surface area contributed by atoms with E-state index in [1.165, 1.54) is 17.1 Å². The van der Waals surface area contributed by atoms with E-state index < -0.39 is 0 Å². The van der Waals surface area contributed by atoms with Gasteiger partial charge in [-0.25, -0.2) is 0 Å². The van der Waals surface area contributed by atoms with Crippen molar-refractivity contribution in [2.45, 2.75) is 0 Å². The molecule has 0 bridgehead atoms. The van der Waals surface area contributed by atoms with Gasteiger partial charge in [-0.3, -0.25) is 4.98 Å². The fraction of sp³-hybridized carbons (Fsp3) is 0. The monoisotopic (exact) mass is 213 g/mol. The van der Waals surface area contributed by atoms with Crippen molar-refractivity contribution in [2.24, 2.45) is 0 Å². The van der Waals surface area contributed by atoms with Crippen LogP contribution in [0.4, 0.5) is 0 Å². The first-order valence-corrected chi connectivity index (χ1v) is 5.30. The summed E-state index contributed by atoms with van der Waals surface area (Å²) < 4.78 is 8.20. The lowest BCUT2D eigenvalue weighted by Crippen LogP contribution is -1.84. The normalized spacial score (nSPS) is 10.7. The van der Waals surface area contributed by atoms with E-state index in [9.17, 15) is 0 Å². The number of hydrogen-bond donors (Lipinski definition) is 0. The molecule has 3 rings (SSSR count). The minimum absolute atomic E-state index is 0.844. The Bertz CT molecular complexity index is 584. The molecular weight excluding hydrogens is 206 g/mol. The number of fused-ring (bicyclic) bond motifs is 1. The van der Waals surface area contributed by atoms with Crippen LogP contribution in [0.15, 0.2) is 42.7 Å². The number of rotatable bonds is 1. The van der Waals surface area contributed by atoms with Crippen LogP contribution in [0, 0.1) is 0 Å². The van der Waals surface area contributed by atoms with Crippen LogP contribution in [-0.4, -0.2) is 13.7 Å². The van der Waals surface area contributed by atoms with Gasteiger partial charge in [0.05, 0.1) is 23.6 Å². The first-order chi connectivity index (χ1) is 7.45. The molecule has 1 aromatic carbocycles. The van der Waals surface area contributed by atoms with Gasteiger partial charge in [0.15, 0.2) is 0 Å². The summed E-state index contributed by atoms with van der Waals surface area (Å²) in [7, 11) is 0. The average Bonchev–Trinajstić information content (AvgIpc) is 2.82. The highest BCUT2D eigenvalue weighted by molar-refractivity contribution is 6.99. The molecule has 0 saturated heterocycles. The van der Waals surface area contributed by atoms with Crippen molar-refractivity contribution >= 4 is 22.5 Å². The molecule has 2 heterocycles. The predicted octanol–water partition coefficient (Wildman–Crippen LogP) is 2.75. The van der Waals surface area contributed by atoms with E-state index in [4.69, 9.17) is 0 Å². The Kier molecular flexibility index (Phi) is 1.93. The second-order valence-electron chi connectivity index (χ2n) is 3.17. The molecule has 0 unspecified atom stereocenters. The summed E-state index contributed by atoms with van der Waals surface area (Å²) >= 11 is 1.20. The average molecular weight is 213 g/mol. The van der Waals surface area contributed by atoms with Gasteiger partial charge in [-0.05, 0) is 11.5 Å². The third-order valence-electron chi connectivity index (χ3n) is 2.28. The largest absolute Gasteiger partial charge is 0.254 e. The van der Waals surface area contributed by atoms with Gasteiger partial charge in [0.1, 0.15) is 5.69 Å². The number of benzene rings is 1. The van der Waals surface area contributed by atoms with Gasteiger partial charge in [0.25, 0.3) is 0 Å². The molecule has 0 aliphatic rings. The van der Waals surface area contributed by atoms with E-state index in [1.54, 1.807) is 12.4 Å². The van der Waals surface area contributed by atoms with Crippen LogP contribution in [0.25, 0.3) is 22.2 Å². The van der Waals surface area contributed by atoms with E-state index >= 15 is 0 Å². The minimum Gasteiger partial charge on any atom is -0.254 e. The van der Waals surface area contributed by atoms with E-state index in [2.05, 4.69) is 25.9 Å². The summed E-state index contributed by atoms with van der Waals surface area (Å²) in [4.78, 5) is 4.35. The van der Waals surface area contributed by atoms with Gasteiger partial charge in [0.2, 0.25) is 0 Å². The van der Waals surface area contributed by atoms with Crippen LogP contribution in [0.3, 0.4) is 0 Å². The van der Waals surface area contributed by atoms with E-state index in [0.717, 1.165) is 16.8 Å². The summed E-state index contributed by atoms with van der Waals surface area (Å²) in [6.45, 7) is 0. The zero-order valence-electron chi connectivity index (χ0n) is 7.79. The SMILES string of the molecule is c1ccc2c(-c3cnsn3)nccc2c1. The van der Waals surface area contributed by atoms with Crippen LogP contribution in [0.2, 0.25) is 0 Å². The van der Waals surface area contributed by atoms with Crippen LogP contribution in [0.5, 0.6) is 0 Å². The lowest BCUT2D eigenvalue weighted by Gasteiger charge is -2.01. The van der Waals surface area contributed by atoms with E-state index in [0.29, 0.717) is 0 Å². The smallest absolute Gasteiger partial charge is 0.123 e. The van der Waals surface area contributed by atoms with Gasteiger partial charge in [-0.15, -0.1) is 0 Å². The Morgan fingerprint density at radius 3 is 2.87 bits per heavy atom. The molecule has 72 valence electrons. The third-order valence-corrected chi connectivity index (χ3v) is 2.76. The highest BCUT2D eigenvalue weighted by atomic mass is 32.1. The lowest BCUT2D eigenvalue weighted by atomic mass is 10.1. The highest BCUT2D eigenvalue weighted by Gasteiger charge is 2.06. The van der Waals surface area contributed by atoms with Crippen LogP contribution < -0.4 is 0 Å². The summed E-state index contributed by atoms with van der Waals surface area (Å²) in [5, 5.41) is 2.29. The maximum atomic E-state index is 4.35. The van der Waals surface area contributed by atoms with E-state index in [-0.39, 0.29) is 0 Å². The quantitative estimate of drug-likeness (QED) is 0.624. The zero-order chi connectivity index (χ0) is 10.1. The summed E-state index contributed by atoms with van der Waals surface area (Å²) in [6, 6.07) is 10.1. The fourth-order valence-corrected chi connectivity index (χ4v) is 2.01. The van der Waals surface area contributed by atoms with Crippen molar-refractivity contribution in [3.05, 3.63) is 42.7 Å². The van der Waals surface area contributed by atoms with Crippen molar-refractivity contribution in [2.75, 3.05) is 0 Å². The van der Waals surface area contributed by atoms with Gasteiger partial charge >= 0.3 is 0 Å². The molecule has 0 aliphatic carbocycles. The van der Waals surface area contributed by atoms with Gasteiger partial charge < -0.3 is 0 Å². The standard InChI is InChI=1S/C11H7N3S/c1-2-4-9-8(3-1)5-6-12-11(9)10-7-13-15-14-10/h1-7H. The number of pyridine rings is 1. The van der Waals surface area contributed by atoms with Crippen molar-refractivity contribution in [1.82, 2.24) is 13.7 Å². The van der Waals surface area contributed by atoms with Crippen molar-refractivity contribution in [3.8, 4) is 11.4 Å². The van der Waals surface area contributed by atoms with Gasteiger partial charge in [-0.2, -0.15) is 8.75 Å². The predicted molar refractivity (Wildman–Crippen MR) is 60.6 cm³/mol. The fourth-order valence-electron chi connectivity index (χ4n) is 1.59. The van der Waals surface area contributed by atoms with Gasteiger partial charge in [-0.1, -0.05) is 24.3 Å². The van der Waals surface area contributed by atoms with Crippen LogP contribution in [0.1, 0.15) is 0 Å². The molecule has 0 atom stereocenters. The first kappa shape index (κ1) is 8.49. The Hall–Kier alpha value is -1.81.